The van der Waals surface area contributed by atoms with Crippen molar-refractivity contribution in [3.63, 3.8) is 0 Å². The molecule has 0 bridgehead atoms. The van der Waals surface area contributed by atoms with E-state index in [1.165, 1.54) is 11.3 Å². The Morgan fingerprint density at radius 3 is 3.00 bits per heavy atom. The number of aromatic nitrogens is 1. The third kappa shape index (κ3) is 3.03. The summed E-state index contributed by atoms with van der Waals surface area (Å²) < 4.78 is 0. The molecule has 4 nitrogen and oxygen atoms in total. The van der Waals surface area contributed by atoms with Gasteiger partial charge in [0.2, 0.25) is 0 Å². The molecule has 1 heterocycles. The Morgan fingerprint density at radius 1 is 1.80 bits per heavy atom. The van der Waals surface area contributed by atoms with Gasteiger partial charge in [0.1, 0.15) is 4.88 Å². The third-order valence-corrected chi connectivity index (χ3v) is 3.04. The molecule has 0 aliphatic heterocycles. The SMILES string of the molecule is CCC(CC#N)NC(=O)c1scnc1C. The van der Waals surface area contributed by atoms with Crippen LogP contribution in [0.1, 0.15) is 35.1 Å². The van der Waals surface area contributed by atoms with Crippen molar-refractivity contribution < 1.29 is 4.79 Å². The number of aryl methyl sites for hydroxylation is 1. The fraction of sp³-hybridized carbons (Fsp3) is 0.500. The van der Waals surface area contributed by atoms with Crippen molar-refractivity contribution in [3.05, 3.63) is 16.1 Å². The zero-order valence-electron chi connectivity index (χ0n) is 8.78. The summed E-state index contributed by atoms with van der Waals surface area (Å²) in [4.78, 5) is 16.4. The van der Waals surface area contributed by atoms with Gasteiger partial charge in [0, 0.05) is 6.04 Å². The van der Waals surface area contributed by atoms with E-state index in [-0.39, 0.29) is 11.9 Å². The van der Waals surface area contributed by atoms with Gasteiger partial charge in [0.05, 0.1) is 23.7 Å². The van der Waals surface area contributed by atoms with E-state index < -0.39 is 0 Å². The van der Waals surface area contributed by atoms with Crippen LogP contribution in [-0.2, 0) is 0 Å². The van der Waals surface area contributed by atoms with Gasteiger partial charge >= 0.3 is 0 Å². The number of amides is 1. The number of carbonyl (C=O) groups excluding carboxylic acids is 1. The first-order chi connectivity index (χ1) is 7.19. The van der Waals surface area contributed by atoms with Crippen LogP contribution in [0.15, 0.2) is 5.51 Å². The molecule has 0 saturated carbocycles. The van der Waals surface area contributed by atoms with Crippen molar-refractivity contribution in [1.29, 1.82) is 5.26 Å². The van der Waals surface area contributed by atoms with Gasteiger partial charge in [-0.1, -0.05) is 6.92 Å². The minimum Gasteiger partial charge on any atom is -0.348 e. The Hall–Kier alpha value is -1.41. The first-order valence-corrected chi connectivity index (χ1v) is 5.64. The molecule has 0 aliphatic carbocycles. The molecule has 1 aromatic rings. The summed E-state index contributed by atoms with van der Waals surface area (Å²) in [6.45, 7) is 3.75. The van der Waals surface area contributed by atoms with Crippen molar-refractivity contribution in [2.75, 3.05) is 0 Å². The third-order valence-electron chi connectivity index (χ3n) is 2.12. The van der Waals surface area contributed by atoms with Gasteiger partial charge in [-0.3, -0.25) is 4.79 Å². The predicted molar refractivity (Wildman–Crippen MR) is 58.6 cm³/mol. The monoisotopic (exact) mass is 223 g/mol. The average Bonchev–Trinajstić information content (AvgIpc) is 2.63. The zero-order valence-corrected chi connectivity index (χ0v) is 9.60. The van der Waals surface area contributed by atoms with Crippen LogP contribution in [0, 0.1) is 18.3 Å². The van der Waals surface area contributed by atoms with Crippen LogP contribution in [0.4, 0.5) is 0 Å². The Morgan fingerprint density at radius 2 is 2.53 bits per heavy atom. The van der Waals surface area contributed by atoms with Crippen molar-refractivity contribution in [1.82, 2.24) is 10.3 Å². The number of hydrogen-bond donors (Lipinski definition) is 1. The molecular formula is C10H13N3OS. The highest BCUT2D eigenvalue weighted by Gasteiger charge is 2.15. The highest BCUT2D eigenvalue weighted by Crippen LogP contribution is 2.12. The standard InChI is InChI=1S/C10H13N3OS/c1-3-8(4-5-11)13-10(14)9-7(2)12-6-15-9/h6,8H,3-4H2,1-2H3,(H,13,14). The molecule has 0 fully saturated rings. The van der Waals surface area contributed by atoms with Crippen LogP contribution in [0.2, 0.25) is 0 Å². The first kappa shape index (κ1) is 11.7. The second-order valence-corrected chi connectivity index (χ2v) is 4.06. The molecule has 0 radical (unpaired) electrons. The summed E-state index contributed by atoms with van der Waals surface area (Å²) in [6.07, 6.45) is 1.11. The second-order valence-electron chi connectivity index (χ2n) is 3.21. The Labute approximate surface area is 92.9 Å². The molecule has 15 heavy (non-hydrogen) atoms. The van der Waals surface area contributed by atoms with Crippen LogP contribution < -0.4 is 5.32 Å². The zero-order chi connectivity index (χ0) is 11.3. The van der Waals surface area contributed by atoms with E-state index in [2.05, 4.69) is 16.4 Å². The van der Waals surface area contributed by atoms with Gasteiger partial charge in [-0.25, -0.2) is 4.98 Å². The highest BCUT2D eigenvalue weighted by molar-refractivity contribution is 7.11. The Balaban J connectivity index is 2.63. The lowest BCUT2D eigenvalue weighted by Crippen LogP contribution is -2.33. The molecule has 1 rings (SSSR count). The minimum absolute atomic E-state index is 0.0657. The summed E-state index contributed by atoms with van der Waals surface area (Å²) >= 11 is 1.32. The van der Waals surface area contributed by atoms with Gasteiger partial charge < -0.3 is 5.32 Å². The fourth-order valence-corrected chi connectivity index (χ4v) is 1.88. The van der Waals surface area contributed by atoms with E-state index in [1.54, 1.807) is 12.4 Å². The number of thiazole rings is 1. The van der Waals surface area contributed by atoms with E-state index in [1.807, 2.05) is 6.92 Å². The van der Waals surface area contributed by atoms with Crippen molar-refractivity contribution in [2.24, 2.45) is 0 Å². The molecule has 5 heteroatoms. The van der Waals surface area contributed by atoms with Crippen LogP contribution in [0.25, 0.3) is 0 Å². The van der Waals surface area contributed by atoms with E-state index in [9.17, 15) is 4.79 Å². The molecule has 1 aromatic heterocycles. The van der Waals surface area contributed by atoms with E-state index in [0.717, 1.165) is 12.1 Å². The van der Waals surface area contributed by atoms with Gasteiger partial charge in [-0.15, -0.1) is 11.3 Å². The first-order valence-electron chi connectivity index (χ1n) is 4.77. The maximum absolute atomic E-state index is 11.7. The van der Waals surface area contributed by atoms with Crippen molar-refractivity contribution in [3.8, 4) is 6.07 Å². The number of nitrogens with one attached hydrogen (secondary N) is 1. The molecule has 0 aliphatic rings. The summed E-state index contributed by atoms with van der Waals surface area (Å²) in [5.74, 6) is -0.128. The van der Waals surface area contributed by atoms with E-state index >= 15 is 0 Å². The smallest absolute Gasteiger partial charge is 0.263 e. The second kappa shape index (κ2) is 5.47. The van der Waals surface area contributed by atoms with E-state index in [0.29, 0.717) is 11.3 Å². The number of nitrogens with zero attached hydrogens (tertiary/aromatic N) is 2. The summed E-state index contributed by atoms with van der Waals surface area (Å²) in [7, 11) is 0. The van der Waals surface area contributed by atoms with Crippen molar-refractivity contribution >= 4 is 17.2 Å². The molecule has 1 unspecified atom stereocenters. The van der Waals surface area contributed by atoms with Crippen LogP contribution >= 0.6 is 11.3 Å². The summed E-state index contributed by atoms with van der Waals surface area (Å²) in [6, 6.07) is 1.99. The largest absolute Gasteiger partial charge is 0.348 e. The molecule has 1 atom stereocenters. The topological polar surface area (TPSA) is 65.8 Å². The number of carbonyl (C=O) groups is 1. The molecular weight excluding hydrogens is 210 g/mol. The Kier molecular flexibility index (Phi) is 4.25. The van der Waals surface area contributed by atoms with Crippen LogP contribution in [-0.4, -0.2) is 16.9 Å². The quantitative estimate of drug-likeness (QED) is 0.847. The number of nitriles is 1. The molecule has 1 N–H and O–H groups in total. The molecule has 0 aromatic carbocycles. The lowest BCUT2D eigenvalue weighted by Gasteiger charge is -2.12. The van der Waals surface area contributed by atoms with Gasteiger partial charge in [-0.2, -0.15) is 5.26 Å². The number of rotatable bonds is 4. The highest BCUT2D eigenvalue weighted by atomic mass is 32.1. The fourth-order valence-electron chi connectivity index (χ4n) is 1.18. The predicted octanol–water partition coefficient (Wildman–Crippen LogP) is 1.87. The maximum Gasteiger partial charge on any atom is 0.263 e. The lowest BCUT2D eigenvalue weighted by atomic mass is 10.1. The average molecular weight is 223 g/mol. The maximum atomic E-state index is 11.7. The normalized spacial score (nSPS) is 11.8. The van der Waals surface area contributed by atoms with Gasteiger partial charge in [-0.05, 0) is 13.3 Å². The molecule has 80 valence electrons. The van der Waals surface area contributed by atoms with Crippen molar-refractivity contribution in [2.45, 2.75) is 32.7 Å². The Bertz CT molecular complexity index is 380. The summed E-state index contributed by atoms with van der Waals surface area (Å²) in [5, 5.41) is 11.4. The minimum atomic E-state index is -0.128. The molecule has 1 amide bonds. The van der Waals surface area contributed by atoms with Gasteiger partial charge in [0.25, 0.3) is 5.91 Å². The molecule has 0 saturated heterocycles. The summed E-state index contributed by atoms with van der Waals surface area (Å²) in [5.41, 5.74) is 2.39. The van der Waals surface area contributed by atoms with Crippen LogP contribution in [0.3, 0.4) is 0 Å². The number of hydrogen-bond acceptors (Lipinski definition) is 4. The van der Waals surface area contributed by atoms with Gasteiger partial charge in [0.15, 0.2) is 0 Å². The van der Waals surface area contributed by atoms with E-state index in [4.69, 9.17) is 5.26 Å². The lowest BCUT2D eigenvalue weighted by molar-refractivity contribution is 0.0940. The molecule has 0 spiro atoms. The van der Waals surface area contributed by atoms with Crippen LogP contribution in [0.5, 0.6) is 0 Å².